The van der Waals surface area contributed by atoms with Crippen LogP contribution in [0.3, 0.4) is 0 Å². The van der Waals surface area contributed by atoms with Gasteiger partial charge >= 0.3 is 0 Å². The Morgan fingerprint density at radius 2 is 2.09 bits per heavy atom. The Kier molecular flexibility index (Phi) is 7.91. The number of carboxylic acids is 1. The summed E-state index contributed by atoms with van der Waals surface area (Å²) in [4.78, 5) is 10.2. The average Bonchev–Trinajstić information content (AvgIpc) is 1.90. The summed E-state index contributed by atoms with van der Waals surface area (Å²) < 4.78 is 0. The molecule has 0 aliphatic rings. The largest absolute Gasteiger partial charge is 0.521 e. The standard InChI is InChI=1S/C7H5O2.CH3.Y/c8-7(9)6-4-2-1-3-5-6;;/h1-4H,(H,8,9);1H3;/q2*-1;. The van der Waals surface area contributed by atoms with E-state index in [1.165, 1.54) is 6.07 Å². The molecule has 0 spiro atoms. The smallest absolute Gasteiger partial charge is 0.247 e. The molecular formula is C8H8O2Y-2. The van der Waals surface area contributed by atoms with E-state index in [1.807, 2.05) is 0 Å². The summed E-state index contributed by atoms with van der Waals surface area (Å²) >= 11 is 0. The summed E-state index contributed by atoms with van der Waals surface area (Å²) in [6.45, 7) is 0. The van der Waals surface area contributed by atoms with Crippen LogP contribution in [-0.2, 0) is 32.7 Å². The zero-order chi connectivity index (χ0) is 6.69. The van der Waals surface area contributed by atoms with Crippen molar-refractivity contribution in [2.24, 2.45) is 0 Å². The maximum Gasteiger partial charge on any atom is 0.247 e. The summed E-state index contributed by atoms with van der Waals surface area (Å²) in [6.07, 6.45) is 0. The maximum atomic E-state index is 10.2. The fraction of sp³-hybridized carbons (Fsp3) is 0. The molecule has 1 N–H and O–H groups in total. The summed E-state index contributed by atoms with van der Waals surface area (Å²) in [6, 6.07) is 9.04. The van der Waals surface area contributed by atoms with E-state index in [2.05, 4.69) is 6.07 Å². The Labute approximate surface area is 91.5 Å². The third-order valence-electron chi connectivity index (χ3n) is 0.939. The second-order valence-corrected chi connectivity index (χ2v) is 1.58. The van der Waals surface area contributed by atoms with Crippen LogP contribution in [0.15, 0.2) is 24.3 Å². The molecule has 0 saturated heterocycles. The molecule has 0 amide bonds. The van der Waals surface area contributed by atoms with Gasteiger partial charge in [-0.2, -0.15) is 0 Å². The SMILES string of the molecule is O=C(O)c1[c-]cccc1.[CH3-].[Y]. The zero-order valence-corrected chi connectivity index (χ0v) is 9.08. The van der Waals surface area contributed by atoms with Crippen LogP contribution in [0.4, 0.5) is 0 Å². The van der Waals surface area contributed by atoms with Gasteiger partial charge in [0.1, 0.15) is 0 Å². The van der Waals surface area contributed by atoms with Gasteiger partial charge in [0.15, 0.2) is 0 Å². The first-order valence-electron chi connectivity index (χ1n) is 2.51. The van der Waals surface area contributed by atoms with Crippen LogP contribution >= 0.6 is 0 Å². The number of hydrogen-bond donors (Lipinski definition) is 1. The third-order valence-corrected chi connectivity index (χ3v) is 0.939. The van der Waals surface area contributed by atoms with Gasteiger partial charge in [-0.1, -0.05) is 5.56 Å². The van der Waals surface area contributed by atoms with Crippen LogP contribution in [0.2, 0.25) is 0 Å². The summed E-state index contributed by atoms with van der Waals surface area (Å²) in [5.74, 6) is -0.935. The second kappa shape index (κ2) is 6.50. The van der Waals surface area contributed by atoms with E-state index in [-0.39, 0.29) is 45.7 Å². The predicted molar refractivity (Wildman–Crippen MR) is 38.7 cm³/mol. The van der Waals surface area contributed by atoms with E-state index in [0.717, 1.165) is 0 Å². The van der Waals surface area contributed by atoms with Crippen LogP contribution < -0.4 is 0 Å². The Bertz CT molecular complexity index is 209. The minimum absolute atomic E-state index is 0. The van der Waals surface area contributed by atoms with Crippen LogP contribution in [0.25, 0.3) is 0 Å². The van der Waals surface area contributed by atoms with E-state index in [4.69, 9.17) is 5.11 Å². The molecule has 11 heavy (non-hydrogen) atoms. The van der Waals surface area contributed by atoms with Crippen molar-refractivity contribution in [2.75, 3.05) is 0 Å². The van der Waals surface area contributed by atoms with E-state index in [1.54, 1.807) is 18.2 Å². The number of carbonyl (C=O) groups is 1. The van der Waals surface area contributed by atoms with Crippen molar-refractivity contribution in [3.8, 4) is 0 Å². The second-order valence-electron chi connectivity index (χ2n) is 1.58. The number of carboxylic acid groups (broad SMARTS) is 1. The molecule has 0 aromatic heterocycles. The van der Waals surface area contributed by atoms with Gasteiger partial charge in [-0.15, -0.1) is 30.3 Å². The molecule has 1 rings (SSSR count). The number of benzene rings is 1. The topological polar surface area (TPSA) is 37.3 Å². The number of rotatable bonds is 1. The summed E-state index contributed by atoms with van der Waals surface area (Å²) in [5.41, 5.74) is 0.206. The molecule has 0 heterocycles. The zero-order valence-electron chi connectivity index (χ0n) is 6.24. The normalized spacial score (nSPS) is 7.27. The molecular weight excluding hydrogens is 217 g/mol. The predicted octanol–water partition coefficient (Wildman–Crippen LogP) is 1.63. The van der Waals surface area contributed by atoms with Gasteiger partial charge in [-0.05, 0) is 0 Å². The van der Waals surface area contributed by atoms with Gasteiger partial charge < -0.3 is 17.3 Å². The van der Waals surface area contributed by atoms with Crippen molar-refractivity contribution < 1.29 is 42.6 Å². The first-order chi connectivity index (χ1) is 4.30. The van der Waals surface area contributed by atoms with E-state index in [9.17, 15) is 4.79 Å². The minimum atomic E-state index is -0.935. The molecule has 0 aliphatic carbocycles. The minimum Gasteiger partial charge on any atom is -0.521 e. The maximum absolute atomic E-state index is 10.2. The number of hydrogen-bond acceptors (Lipinski definition) is 1. The van der Waals surface area contributed by atoms with Crippen LogP contribution in [0, 0.1) is 13.5 Å². The Morgan fingerprint density at radius 1 is 1.45 bits per heavy atom. The van der Waals surface area contributed by atoms with Crippen molar-refractivity contribution in [1.29, 1.82) is 0 Å². The molecule has 0 saturated carbocycles. The first-order valence-corrected chi connectivity index (χ1v) is 2.51. The molecule has 1 aromatic rings. The Balaban J connectivity index is 0. The Morgan fingerprint density at radius 3 is 2.36 bits per heavy atom. The molecule has 1 radical (unpaired) electrons. The van der Waals surface area contributed by atoms with Crippen molar-refractivity contribution >= 4 is 5.97 Å². The molecule has 2 nitrogen and oxygen atoms in total. The third kappa shape index (κ3) is 4.28. The molecule has 57 valence electrons. The monoisotopic (exact) mass is 225 g/mol. The molecule has 1 aromatic carbocycles. The fourth-order valence-corrected chi connectivity index (χ4v) is 0.526. The van der Waals surface area contributed by atoms with Gasteiger partial charge in [0.25, 0.3) is 0 Å². The molecule has 0 fully saturated rings. The van der Waals surface area contributed by atoms with Crippen LogP contribution in [0.1, 0.15) is 10.4 Å². The van der Waals surface area contributed by atoms with Gasteiger partial charge in [0.2, 0.25) is 5.97 Å². The van der Waals surface area contributed by atoms with Gasteiger partial charge in [-0.25, -0.2) is 0 Å². The van der Waals surface area contributed by atoms with Gasteiger partial charge in [0, 0.05) is 32.7 Å². The van der Waals surface area contributed by atoms with E-state index >= 15 is 0 Å². The molecule has 3 heteroatoms. The summed E-state index contributed by atoms with van der Waals surface area (Å²) in [7, 11) is 0. The van der Waals surface area contributed by atoms with Gasteiger partial charge in [-0.3, -0.25) is 0 Å². The first kappa shape index (κ1) is 13.4. The quantitative estimate of drug-likeness (QED) is 0.737. The van der Waals surface area contributed by atoms with Crippen LogP contribution in [-0.4, -0.2) is 11.1 Å². The van der Waals surface area contributed by atoms with Crippen molar-refractivity contribution in [3.05, 3.63) is 43.3 Å². The number of aromatic carboxylic acids is 1. The van der Waals surface area contributed by atoms with Crippen molar-refractivity contribution in [2.45, 2.75) is 0 Å². The molecule has 0 bridgehead atoms. The summed E-state index contributed by atoms with van der Waals surface area (Å²) in [5, 5.41) is 8.35. The van der Waals surface area contributed by atoms with E-state index < -0.39 is 5.97 Å². The van der Waals surface area contributed by atoms with Gasteiger partial charge in [0.05, 0.1) is 0 Å². The molecule has 0 aliphatic heterocycles. The van der Waals surface area contributed by atoms with Crippen LogP contribution in [0.5, 0.6) is 0 Å². The molecule has 0 atom stereocenters. The molecule has 0 unspecified atom stereocenters. The fourth-order valence-electron chi connectivity index (χ4n) is 0.526. The average molecular weight is 225 g/mol. The Hall–Kier alpha value is -0.206. The van der Waals surface area contributed by atoms with Crippen molar-refractivity contribution in [1.82, 2.24) is 0 Å². The van der Waals surface area contributed by atoms with Crippen molar-refractivity contribution in [3.63, 3.8) is 0 Å². The van der Waals surface area contributed by atoms with E-state index in [0.29, 0.717) is 0 Å².